The van der Waals surface area contributed by atoms with E-state index in [2.05, 4.69) is 47.9 Å². The lowest BCUT2D eigenvalue weighted by molar-refractivity contribution is 0.182. The van der Waals surface area contributed by atoms with Crippen molar-refractivity contribution in [1.82, 2.24) is 20.4 Å². The van der Waals surface area contributed by atoms with Gasteiger partial charge >= 0.3 is 0 Å². The van der Waals surface area contributed by atoms with E-state index in [-0.39, 0.29) is 0 Å². The molecule has 2 aromatic heterocycles. The summed E-state index contributed by atoms with van der Waals surface area (Å²) in [5, 5.41) is 13.4. The van der Waals surface area contributed by atoms with Crippen molar-refractivity contribution >= 4 is 17.3 Å². The summed E-state index contributed by atoms with van der Waals surface area (Å²) >= 11 is 1.77. The fraction of sp³-hybridized carbons (Fsp3) is 0.556. The first-order valence-corrected chi connectivity index (χ1v) is 9.51. The summed E-state index contributed by atoms with van der Waals surface area (Å²) in [5.41, 5.74) is 4.69. The van der Waals surface area contributed by atoms with E-state index in [1.807, 2.05) is 11.6 Å². The van der Waals surface area contributed by atoms with Gasteiger partial charge in [-0.2, -0.15) is 5.10 Å². The van der Waals surface area contributed by atoms with Gasteiger partial charge in [0.25, 0.3) is 0 Å². The predicted molar refractivity (Wildman–Crippen MR) is 104 cm³/mol. The Morgan fingerprint density at radius 3 is 2.76 bits per heavy atom. The number of aryl methyl sites for hydroxylation is 2. The Morgan fingerprint density at radius 2 is 2.12 bits per heavy atom. The van der Waals surface area contributed by atoms with Gasteiger partial charge in [-0.25, -0.2) is 4.99 Å². The minimum atomic E-state index is 0.614. The van der Waals surface area contributed by atoms with Crippen LogP contribution in [0.5, 0.6) is 0 Å². The van der Waals surface area contributed by atoms with Gasteiger partial charge in [-0.1, -0.05) is 0 Å². The molecule has 0 unspecified atom stereocenters. The summed E-state index contributed by atoms with van der Waals surface area (Å²) in [4.78, 5) is 6.08. The van der Waals surface area contributed by atoms with Crippen LogP contribution >= 0.6 is 11.3 Å². The van der Waals surface area contributed by atoms with Crippen LogP contribution in [-0.4, -0.2) is 36.0 Å². The number of ether oxygens (including phenoxy) is 1. The van der Waals surface area contributed by atoms with Crippen LogP contribution in [0.1, 0.15) is 34.3 Å². The van der Waals surface area contributed by atoms with Crippen LogP contribution in [0.15, 0.2) is 16.4 Å². The first-order valence-electron chi connectivity index (χ1n) is 8.63. The summed E-state index contributed by atoms with van der Waals surface area (Å²) in [5.74, 6) is 0.832. The Balaban J connectivity index is 2.05. The Hall–Kier alpha value is -1.86. The molecule has 0 saturated heterocycles. The molecule has 7 heteroatoms. The van der Waals surface area contributed by atoms with E-state index in [1.165, 1.54) is 16.0 Å². The molecule has 2 aromatic rings. The van der Waals surface area contributed by atoms with Crippen LogP contribution in [0.4, 0.5) is 0 Å². The maximum Gasteiger partial charge on any atom is 0.191 e. The summed E-state index contributed by atoms with van der Waals surface area (Å²) in [7, 11) is 1.71. The Kier molecular flexibility index (Phi) is 7.46. The van der Waals surface area contributed by atoms with Crippen LogP contribution in [0, 0.1) is 20.8 Å². The number of guanidine groups is 1. The number of nitrogens with zero attached hydrogens (tertiary/aromatic N) is 3. The molecule has 2 heterocycles. The lowest BCUT2D eigenvalue weighted by atomic mass is 10.2. The van der Waals surface area contributed by atoms with Crippen LogP contribution in [0.25, 0.3) is 0 Å². The molecule has 25 heavy (non-hydrogen) atoms. The molecule has 0 saturated carbocycles. The second kappa shape index (κ2) is 9.58. The lowest BCUT2D eigenvalue weighted by Crippen LogP contribution is -2.36. The molecule has 0 aromatic carbocycles. The van der Waals surface area contributed by atoms with Gasteiger partial charge in [-0.3, -0.25) is 4.68 Å². The van der Waals surface area contributed by atoms with Gasteiger partial charge in [0.2, 0.25) is 0 Å². The highest BCUT2D eigenvalue weighted by molar-refractivity contribution is 7.10. The number of hydrogen-bond acceptors (Lipinski definition) is 4. The predicted octanol–water partition coefficient (Wildman–Crippen LogP) is 2.77. The highest BCUT2D eigenvalue weighted by Crippen LogP contribution is 2.16. The number of nitrogens with one attached hydrogen (secondary N) is 2. The van der Waals surface area contributed by atoms with E-state index in [9.17, 15) is 0 Å². The third kappa shape index (κ3) is 5.31. The van der Waals surface area contributed by atoms with Crippen LogP contribution in [-0.2, 0) is 24.4 Å². The molecule has 0 amide bonds. The van der Waals surface area contributed by atoms with Gasteiger partial charge in [0, 0.05) is 29.8 Å². The highest BCUT2D eigenvalue weighted by Gasteiger charge is 2.11. The lowest BCUT2D eigenvalue weighted by Gasteiger charge is -2.11. The molecule has 0 fully saturated rings. The summed E-state index contributed by atoms with van der Waals surface area (Å²) < 4.78 is 7.15. The largest absolute Gasteiger partial charge is 0.383 e. The van der Waals surface area contributed by atoms with E-state index < -0.39 is 0 Å². The van der Waals surface area contributed by atoms with E-state index in [0.717, 1.165) is 37.0 Å². The number of hydrogen-bond donors (Lipinski definition) is 2. The van der Waals surface area contributed by atoms with E-state index in [1.54, 1.807) is 18.4 Å². The maximum atomic E-state index is 5.15. The monoisotopic (exact) mass is 363 g/mol. The van der Waals surface area contributed by atoms with E-state index >= 15 is 0 Å². The number of thiophene rings is 1. The Labute approximate surface area is 154 Å². The molecule has 6 nitrogen and oxygen atoms in total. The van der Waals surface area contributed by atoms with Crippen molar-refractivity contribution in [2.24, 2.45) is 4.99 Å². The number of aliphatic imine (C=N–C) groups is 1. The van der Waals surface area contributed by atoms with E-state index in [0.29, 0.717) is 13.2 Å². The third-order valence-electron chi connectivity index (χ3n) is 4.16. The third-order valence-corrected chi connectivity index (χ3v) is 5.19. The SMILES string of the molecule is CCNC(=NCc1c(C)nn(CCOC)c1C)NCc1sccc1C. The molecule has 0 radical (unpaired) electrons. The standard InChI is InChI=1S/C18H29N5OS/c1-6-19-18(21-12-17-13(2)7-10-25-17)20-11-16-14(3)22-23(15(16)4)8-9-24-5/h7,10H,6,8-9,11-12H2,1-5H3,(H2,19,20,21). The molecular formula is C18H29N5OS. The first kappa shape index (κ1) is 19.5. The van der Waals surface area contributed by atoms with Crippen molar-refractivity contribution in [1.29, 1.82) is 0 Å². The second-order valence-corrected chi connectivity index (χ2v) is 6.94. The maximum absolute atomic E-state index is 5.15. The summed E-state index contributed by atoms with van der Waals surface area (Å²) in [6, 6.07) is 2.15. The molecule has 0 spiro atoms. The van der Waals surface area contributed by atoms with Gasteiger partial charge in [0.1, 0.15) is 0 Å². The molecule has 2 N–H and O–H groups in total. The summed E-state index contributed by atoms with van der Waals surface area (Å²) in [6.07, 6.45) is 0. The molecule has 2 rings (SSSR count). The zero-order valence-corrected chi connectivity index (χ0v) is 16.7. The van der Waals surface area contributed by atoms with Crippen molar-refractivity contribution < 1.29 is 4.74 Å². The fourth-order valence-electron chi connectivity index (χ4n) is 2.61. The highest BCUT2D eigenvalue weighted by atomic mass is 32.1. The summed E-state index contributed by atoms with van der Waals surface area (Å²) in [6.45, 7) is 12.0. The van der Waals surface area contributed by atoms with Crippen molar-refractivity contribution in [3.8, 4) is 0 Å². The van der Waals surface area contributed by atoms with Crippen molar-refractivity contribution in [2.45, 2.75) is 47.3 Å². The molecular weight excluding hydrogens is 334 g/mol. The quantitative estimate of drug-likeness (QED) is 0.559. The zero-order chi connectivity index (χ0) is 18.2. The van der Waals surface area contributed by atoms with Gasteiger partial charge < -0.3 is 15.4 Å². The number of methoxy groups -OCH3 is 1. The number of rotatable bonds is 8. The van der Waals surface area contributed by atoms with Crippen molar-refractivity contribution in [3.63, 3.8) is 0 Å². The molecule has 0 aliphatic rings. The molecule has 0 aliphatic carbocycles. The van der Waals surface area contributed by atoms with Gasteiger partial charge in [-0.15, -0.1) is 11.3 Å². The van der Waals surface area contributed by atoms with E-state index in [4.69, 9.17) is 9.73 Å². The first-order chi connectivity index (χ1) is 12.1. The zero-order valence-electron chi connectivity index (χ0n) is 15.8. The molecule has 0 atom stereocenters. The van der Waals surface area contributed by atoms with Crippen LogP contribution in [0.3, 0.4) is 0 Å². The van der Waals surface area contributed by atoms with Crippen LogP contribution < -0.4 is 10.6 Å². The minimum Gasteiger partial charge on any atom is -0.383 e. The Bertz CT molecular complexity index is 704. The molecule has 0 aliphatic heterocycles. The fourth-order valence-corrected chi connectivity index (χ4v) is 3.45. The molecule has 0 bridgehead atoms. The topological polar surface area (TPSA) is 63.5 Å². The van der Waals surface area contributed by atoms with Gasteiger partial charge in [0.05, 0.1) is 31.9 Å². The second-order valence-electron chi connectivity index (χ2n) is 5.94. The average Bonchev–Trinajstić information content (AvgIpc) is 3.12. The smallest absolute Gasteiger partial charge is 0.191 e. The minimum absolute atomic E-state index is 0.614. The van der Waals surface area contributed by atoms with Crippen molar-refractivity contribution in [3.05, 3.63) is 38.8 Å². The van der Waals surface area contributed by atoms with Crippen LogP contribution in [0.2, 0.25) is 0 Å². The average molecular weight is 364 g/mol. The van der Waals surface area contributed by atoms with Crippen molar-refractivity contribution in [2.75, 3.05) is 20.3 Å². The van der Waals surface area contributed by atoms with Gasteiger partial charge in [-0.05, 0) is 44.7 Å². The number of aromatic nitrogens is 2. The normalized spacial score (nSPS) is 11.8. The molecule has 138 valence electrons. The van der Waals surface area contributed by atoms with Gasteiger partial charge in [0.15, 0.2) is 5.96 Å². The Morgan fingerprint density at radius 1 is 1.32 bits per heavy atom.